The van der Waals surface area contributed by atoms with Crippen LogP contribution in [0.4, 0.5) is 5.69 Å². The molecule has 24 heavy (non-hydrogen) atoms. The summed E-state index contributed by atoms with van der Waals surface area (Å²) >= 11 is 0. The summed E-state index contributed by atoms with van der Waals surface area (Å²) < 4.78 is 0. The van der Waals surface area contributed by atoms with Crippen LogP contribution in [-0.2, 0) is 6.54 Å². The molecule has 0 aliphatic heterocycles. The summed E-state index contributed by atoms with van der Waals surface area (Å²) in [5, 5.41) is 17.4. The van der Waals surface area contributed by atoms with Crippen LogP contribution in [0.1, 0.15) is 44.1 Å². The fourth-order valence-corrected chi connectivity index (χ4v) is 3.13. The zero-order valence-corrected chi connectivity index (χ0v) is 16.5. The molecule has 1 aromatic rings. The van der Waals surface area contributed by atoms with Crippen molar-refractivity contribution in [3.05, 3.63) is 39.9 Å². The molecule has 0 bridgehead atoms. The van der Waals surface area contributed by atoms with E-state index >= 15 is 0 Å². The van der Waals surface area contributed by atoms with Gasteiger partial charge in [0.1, 0.15) is 0 Å². The summed E-state index contributed by atoms with van der Waals surface area (Å²) in [7, 11) is 1.71. The summed E-state index contributed by atoms with van der Waals surface area (Å²) in [5.74, 6) is 1.59. The number of para-hydroxylation sites is 1. The molecule has 0 heterocycles. The lowest BCUT2D eigenvalue weighted by molar-refractivity contribution is -0.385. The van der Waals surface area contributed by atoms with E-state index in [1.165, 1.54) is 38.2 Å². The molecule has 1 fully saturated rings. The van der Waals surface area contributed by atoms with Gasteiger partial charge >= 0.3 is 0 Å². The maximum Gasteiger partial charge on any atom is 0.274 e. The number of benzene rings is 1. The standard InChI is InChI=1S/C17H26N4O2.HI/c1-18-17(19-12-6-9-14-7-2-3-8-14)20-13-15-10-4-5-11-16(15)21(22)23;/h4-5,10-11,14H,2-3,6-9,12-13H2,1H3,(H2,18,19,20);1H. The number of nitrogens with zero attached hydrogens (tertiary/aromatic N) is 2. The van der Waals surface area contributed by atoms with Gasteiger partial charge in [0.25, 0.3) is 5.69 Å². The van der Waals surface area contributed by atoms with Crippen LogP contribution in [-0.4, -0.2) is 24.5 Å². The van der Waals surface area contributed by atoms with Crippen molar-refractivity contribution >= 4 is 35.6 Å². The Kier molecular flexibility index (Phi) is 9.66. The van der Waals surface area contributed by atoms with Gasteiger partial charge in [0.15, 0.2) is 5.96 Å². The fraction of sp³-hybridized carbons (Fsp3) is 0.588. The average molecular weight is 446 g/mol. The van der Waals surface area contributed by atoms with Crippen LogP contribution in [0.3, 0.4) is 0 Å². The molecular weight excluding hydrogens is 419 g/mol. The van der Waals surface area contributed by atoms with Gasteiger partial charge in [-0.1, -0.05) is 43.9 Å². The van der Waals surface area contributed by atoms with Crippen LogP contribution >= 0.6 is 24.0 Å². The molecule has 0 aromatic heterocycles. The average Bonchev–Trinajstić information content (AvgIpc) is 3.07. The molecule has 2 N–H and O–H groups in total. The molecule has 0 radical (unpaired) electrons. The minimum Gasteiger partial charge on any atom is -0.356 e. The van der Waals surface area contributed by atoms with E-state index in [1.54, 1.807) is 19.2 Å². The Morgan fingerprint density at radius 1 is 1.29 bits per heavy atom. The number of nitrogens with one attached hydrogen (secondary N) is 2. The van der Waals surface area contributed by atoms with Crippen molar-refractivity contribution in [3.63, 3.8) is 0 Å². The van der Waals surface area contributed by atoms with Gasteiger partial charge in [-0.2, -0.15) is 0 Å². The number of guanidine groups is 1. The van der Waals surface area contributed by atoms with Crippen molar-refractivity contribution in [1.82, 2.24) is 10.6 Å². The van der Waals surface area contributed by atoms with Crippen LogP contribution in [0.15, 0.2) is 29.3 Å². The lowest BCUT2D eigenvalue weighted by Gasteiger charge is -2.13. The van der Waals surface area contributed by atoms with E-state index in [-0.39, 0.29) is 34.6 Å². The van der Waals surface area contributed by atoms with Crippen LogP contribution in [0.5, 0.6) is 0 Å². The predicted molar refractivity (Wildman–Crippen MR) is 108 cm³/mol. The van der Waals surface area contributed by atoms with Crippen LogP contribution in [0, 0.1) is 16.0 Å². The van der Waals surface area contributed by atoms with E-state index in [9.17, 15) is 10.1 Å². The number of nitro groups is 1. The SMILES string of the molecule is CN=C(NCCCC1CCCC1)NCc1ccccc1[N+](=O)[O-].I. The third-order valence-corrected chi connectivity index (χ3v) is 4.41. The van der Waals surface area contributed by atoms with Gasteiger partial charge in [0.05, 0.1) is 4.92 Å². The predicted octanol–water partition coefficient (Wildman–Crippen LogP) is 3.85. The van der Waals surface area contributed by atoms with Crippen molar-refractivity contribution in [2.45, 2.75) is 45.1 Å². The summed E-state index contributed by atoms with van der Waals surface area (Å²) in [5.41, 5.74) is 0.795. The van der Waals surface area contributed by atoms with Crippen LogP contribution < -0.4 is 10.6 Å². The number of rotatable bonds is 7. The van der Waals surface area contributed by atoms with Crippen LogP contribution in [0.2, 0.25) is 0 Å². The highest BCUT2D eigenvalue weighted by atomic mass is 127. The van der Waals surface area contributed by atoms with Crippen molar-refractivity contribution in [1.29, 1.82) is 0 Å². The molecule has 1 saturated carbocycles. The van der Waals surface area contributed by atoms with E-state index in [4.69, 9.17) is 0 Å². The van der Waals surface area contributed by atoms with Crippen molar-refractivity contribution in [3.8, 4) is 0 Å². The lowest BCUT2D eigenvalue weighted by atomic mass is 10.0. The second-order valence-corrected chi connectivity index (χ2v) is 6.03. The van der Waals surface area contributed by atoms with Crippen molar-refractivity contribution in [2.75, 3.05) is 13.6 Å². The molecule has 7 heteroatoms. The third-order valence-electron chi connectivity index (χ3n) is 4.41. The largest absolute Gasteiger partial charge is 0.356 e. The highest BCUT2D eigenvalue weighted by molar-refractivity contribution is 14.0. The minimum absolute atomic E-state index is 0. The summed E-state index contributed by atoms with van der Waals surface area (Å²) in [6.45, 7) is 1.27. The van der Waals surface area contributed by atoms with Crippen molar-refractivity contribution < 1.29 is 4.92 Å². The molecule has 2 rings (SSSR count). The number of nitro benzene ring substituents is 1. The molecule has 1 aromatic carbocycles. The molecule has 1 aliphatic carbocycles. The Balaban J connectivity index is 0.00000288. The Bertz CT molecular complexity index is 545. The Morgan fingerprint density at radius 2 is 2.00 bits per heavy atom. The molecule has 0 amide bonds. The van der Waals surface area contributed by atoms with E-state index in [0.717, 1.165) is 18.9 Å². The first-order valence-electron chi connectivity index (χ1n) is 8.37. The topological polar surface area (TPSA) is 79.6 Å². The quantitative estimate of drug-likeness (QED) is 0.167. The molecule has 0 atom stereocenters. The first kappa shape index (κ1) is 20.7. The number of hydrogen-bond acceptors (Lipinski definition) is 3. The number of halogens is 1. The first-order valence-corrected chi connectivity index (χ1v) is 8.37. The lowest BCUT2D eigenvalue weighted by Crippen LogP contribution is -2.37. The Morgan fingerprint density at radius 3 is 2.67 bits per heavy atom. The van der Waals surface area contributed by atoms with Gasteiger partial charge in [-0.15, -0.1) is 24.0 Å². The zero-order chi connectivity index (χ0) is 16.5. The smallest absolute Gasteiger partial charge is 0.274 e. The summed E-state index contributed by atoms with van der Waals surface area (Å²) in [4.78, 5) is 14.8. The second-order valence-electron chi connectivity index (χ2n) is 6.03. The van der Waals surface area contributed by atoms with E-state index in [1.807, 2.05) is 6.07 Å². The van der Waals surface area contributed by atoms with Crippen molar-refractivity contribution in [2.24, 2.45) is 10.9 Å². The summed E-state index contributed by atoms with van der Waals surface area (Å²) in [6.07, 6.45) is 7.94. The Labute approximate surface area is 160 Å². The molecule has 134 valence electrons. The molecule has 0 unspecified atom stereocenters. The van der Waals surface area contributed by atoms with Gasteiger partial charge in [0.2, 0.25) is 0 Å². The summed E-state index contributed by atoms with van der Waals surface area (Å²) in [6, 6.07) is 6.77. The zero-order valence-electron chi connectivity index (χ0n) is 14.2. The minimum atomic E-state index is -0.352. The van der Waals surface area contributed by atoms with E-state index < -0.39 is 0 Å². The maximum absolute atomic E-state index is 11.0. The fourth-order valence-electron chi connectivity index (χ4n) is 3.13. The number of aliphatic imine (C=N–C) groups is 1. The van der Waals surface area contributed by atoms with Gasteiger partial charge in [-0.3, -0.25) is 15.1 Å². The molecular formula is C17H27IN4O2. The maximum atomic E-state index is 11.0. The van der Waals surface area contributed by atoms with Gasteiger partial charge in [-0.05, 0) is 18.8 Å². The second kappa shape index (κ2) is 11.2. The molecule has 0 saturated heterocycles. The normalized spacial score (nSPS) is 15.0. The Hall–Kier alpha value is -1.38. The third kappa shape index (κ3) is 6.62. The number of hydrogen-bond donors (Lipinski definition) is 2. The van der Waals surface area contributed by atoms with Crippen LogP contribution in [0.25, 0.3) is 0 Å². The highest BCUT2D eigenvalue weighted by Crippen LogP contribution is 2.28. The highest BCUT2D eigenvalue weighted by Gasteiger charge is 2.14. The molecule has 1 aliphatic rings. The first-order chi connectivity index (χ1) is 11.2. The monoisotopic (exact) mass is 446 g/mol. The van der Waals surface area contributed by atoms with E-state index in [0.29, 0.717) is 18.1 Å². The molecule has 6 nitrogen and oxygen atoms in total. The van der Waals surface area contributed by atoms with Gasteiger partial charge < -0.3 is 10.6 Å². The van der Waals surface area contributed by atoms with Gasteiger partial charge in [-0.25, -0.2) is 0 Å². The van der Waals surface area contributed by atoms with Gasteiger partial charge in [0, 0.05) is 31.8 Å². The van der Waals surface area contributed by atoms with E-state index in [2.05, 4.69) is 15.6 Å². The molecule has 0 spiro atoms.